The minimum Gasteiger partial charge on any atom is -0.351 e. The normalized spacial score (nSPS) is 10.0. The number of nitrogens with two attached hydrogens (primary N) is 1. The maximum atomic E-state index is 13.5. The lowest BCUT2D eigenvalue weighted by Crippen LogP contribution is -2.21. The molecule has 2 rings (SSSR count). The van der Waals surface area contributed by atoms with E-state index in [4.69, 9.17) is 17.3 Å². The second kappa shape index (κ2) is 5.49. The first-order chi connectivity index (χ1) is 9.06. The van der Waals surface area contributed by atoms with Crippen molar-refractivity contribution in [2.24, 2.45) is 5.73 Å². The molecule has 1 aromatic heterocycles. The van der Waals surface area contributed by atoms with E-state index in [0.29, 0.717) is 10.7 Å². The number of nitrogens with one attached hydrogen (secondary N) is 2. The summed E-state index contributed by atoms with van der Waals surface area (Å²) in [6, 6.07) is 5.94. The Labute approximate surface area is 112 Å². The Morgan fingerprint density at radius 2 is 2.11 bits per heavy atom. The number of amides is 2. The second-order valence-electron chi connectivity index (χ2n) is 3.48. The van der Waals surface area contributed by atoms with Crippen LogP contribution in [0, 0.1) is 5.82 Å². The number of urea groups is 1. The summed E-state index contributed by atoms with van der Waals surface area (Å²) < 4.78 is 13.5. The van der Waals surface area contributed by atoms with Gasteiger partial charge in [0.1, 0.15) is 0 Å². The zero-order chi connectivity index (χ0) is 13.8. The van der Waals surface area contributed by atoms with E-state index in [2.05, 4.69) is 20.6 Å². The molecular formula is C11H9ClFN5O. The van der Waals surface area contributed by atoms with Crippen molar-refractivity contribution in [3.05, 3.63) is 41.3 Å². The third-order valence-electron chi connectivity index (χ3n) is 2.11. The van der Waals surface area contributed by atoms with E-state index in [1.165, 1.54) is 0 Å². The number of benzene rings is 1. The largest absolute Gasteiger partial charge is 0.351 e. The van der Waals surface area contributed by atoms with E-state index in [0.717, 1.165) is 6.20 Å². The molecule has 0 atom stereocenters. The fourth-order valence-electron chi connectivity index (χ4n) is 1.32. The second-order valence-corrected chi connectivity index (χ2v) is 3.89. The van der Waals surface area contributed by atoms with Crippen molar-refractivity contribution in [3.63, 3.8) is 0 Å². The fraction of sp³-hybridized carbons (Fsp3) is 0. The highest BCUT2D eigenvalue weighted by molar-refractivity contribution is 6.33. The fourth-order valence-corrected chi connectivity index (χ4v) is 1.50. The zero-order valence-corrected chi connectivity index (χ0v) is 10.3. The van der Waals surface area contributed by atoms with Gasteiger partial charge in [0.25, 0.3) is 0 Å². The van der Waals surface area contributed by atoms with Crippen molar-refractivity contribution < 1.29 is 9.18 Å². The monoisotopic (exact) mass is 281 g/mol. The van der Waals surface area contributed by atoms with E-state index in [1.54, 1.807) is 24.3 Å². The maximum Gasteiger partial charge on any atom is 0.319 e. The molecule has 0 aliphatic heterocycles. The lowest BCUT2D eigenvalue weighted by Gasteiger charge is -2.09. The molecule has 2 aromatic rings. The molecule has 1 heterocycles. The van der Waals surface area contributed by atoms with Crippen LogP contribution >= 0.6 is 11.6 Å². The molecule has 19 heavy (non-hydrogen) atoms. The average molecular weight is 282 g/mol. The molecule has 0 aliphatic carbocycles. The Morgan fingerprint density at radius 3 is 2.79 bits per heavy atom. The molecule has 0 spiro atoms. The maximum absolute atomic E-state index is 13.5. The number of carbonyl (C=O) groups is 1. The minimum atomic E-state index is -0.838. The molecule has 0 fully saturated rings. The molecule has 0 radical (unpaired) electrons. The van der Waals surface area contributed by atoms with Crippen LogP contribution in [0.3, 0.4) is 0 Å². The predicted octanol–water partition coefficient (Wildman–Crippen LogP) is 2.50. The Balaban J connectivity index is 2.29. The predicted molar refractivity (Wildman–Crippen MR) is 69.9 cm³/mol. The molecule has 0 unspecified atom stereocenters. The van der Waals surface area contributed by atoms with Gasteiger partial charge in [-0.05, 0) is 12.1 Å². The smallest absolute Gasteiger partial charge is 0.319 e. The Kier molecular flexibility index (Phi) is 3.76. The number of anilines is 3. The van der Waals surface area contributed by atoms with Gasteiger partial charge in [0.2, 0.25) is 5.95 Å². The first-order valence-electron chi connectivity index (χ1n) is 5.17. The van der Waals surface area contributed by atoms with Crippen molar-refractivity contribution in [1.29, 1.82) is 0 Å². The van der Waals surface area contributed by atoms with Crippen LogP contribution in [0.1, 0.15) is 0 Å². The molecule has 4 N–H and O–H groups in total. The summed E-state index contributed by atoms with van der Waals surface area (Å²) >= 11 is 5.93. The van der Waals surface area contributed by atoms with Gasteiger partial charge in [-0.2, -0.15) is 4.98 Å². The molecule has 0 aliphatic rings. The topological polar surface area (TPSA) is 92.9 Å². The number of halogens is 2. The first-order valence-corrected chi connectivity index (χ1v) is 5.54. The van der Waals surface area contributed by atoms with E-state index in [-0.39, 0.29) is 11.8 Å². The molecule has 1 aromatic carbocycles. The van der Waals surface area contributed by atoms with Gasteiger partial charge >= 0.3 is 6.03 Å². The van der Waals surface area contributed by atoms with Crippen LogP contribution in [-0.4, -0.2) is 16.0 Å². The van der Waals surface area contributed by atoms with E-state index < -0.39 is 11.8 Å². The summed E-state index contributed by atoms with van der Waals surface area (Å²) in [5, 5.41) is 5.26. The summed E-state index contributed by atoms with van der Waals surface area (Å²) in [4.78, 5) is 18.0. The van der Waals surface area contributed by atoms with Crippen molar-refractivity contribution in [2.45, 2.75) is 0 Å². The van der Waals surface area contributed by atoms with E-state index in [1.807, 2.05) is 0 Å². The summed E-state index contributed by atoms with van der Waals surface area (Å²) in [6.07, 6.45) is 0.914. The highest BCUT2D eigenvalue weighted by Gasteiger charge is 2.09. The number of hydrogen-bond acceptors (Lipinski definition) is 4. The van der Waals surface area contributed by atoms with Crippen molar-refractivity contribution >= 4 is 35.1 Å². The number of nitrogens with zero attached hydrogens (tertiary/aromatic N) is 2. The van der Waals surface area contributed by atoms with E-state index >= 15 is 0 Å². The van der Waals surface area contributed by atoms with Crippen LogP contribution in [0.25, 0.3) is 0 Å². The van der Waals surface area contributed by atoms with Gasteiger partial charge in [0.15, 0.2) is 11.6 Å². The first kappa shape index (κ1) is 13.0. The molecule has 0 saturated heterocycles. The molecule has 8 heteroatoms. The lowest BCUT2D eigenvalue weighted by atomic mass is 10.3. The summed E-state index contributed by atoms with van der Waals surface area (Å²) in [7, 11) is 0. The molecule has 0 saturated carbocycles. The van der Waals surface area contributed by atoms with Gasteiger partial charge in [-0.3, -0.25) is 5.32 Å². The van der Waals surface area contributed by atoms with Gasteiger partial charge in [-0.25, -0.2) is 14.2 Å². The summed E-state index contributed by atoms with van der Waals surface area (Å²) in [6.45, 7) is 0. The minimum absolute atomic E-state index is 0.108. The highest BCUT2D eigenvalue weighted by atomic mass is 35.5. The third kappa shape index (κ3) is 3.29. The van der Waals surface area contributed by atoms with Crippen LogP contribution in [-0.2, 0) is 0 Å². The Morgan fingerprint density at radius 1 is 1.37 bits per heavy atom. The Bertz CT molecular complexity index is 622. The van der Waals surface area contributed by atoms with Gasteiger partial charge in [0, 0.05) is 0 Å². The van der Waals surface area contributed by atoms with Crippen molar-refractivity contribution in [3.8, 4) is 0 Å². The molecular weight excluding hydrogens is 273 g/mol. The van der Waals surface area contributed by atoms with E-state index in [9.17, 15) is 9.18 Å². The summed E-state index contributed by atoms with van der Waals surface area (Å²) in [5.74, 6) is -0.912. The number of carbonyl (C=O) groups excluding carboxylic acids is 1. The summed E-state index contributed by atoms with van der Waals surface area (Å²) in [5.41, 5.74) is 5.40. The highest BCUT2D eigenvalue weighted by Crippen LogP contribution is 2.25. The van der Waals surface area contributed by atoms with Gasteiger partial charge in [-0.15, -0.1) is 0 Å². The zero-order valence-electron chi connectivity index (χ0n) is 9.52. The van der Waals surface area contributed by atoms with Gasteiger partial charge in [0.05, 0.1) is 16.9 Å². The molecule has 2 amide bonds. The van der Waals surface area contributed by atoms with Crippen molar-refractivity contribution in [1.82, 2.24) is 9.97 Å². The number of rotatable bonds is 3. The quantitative estimate of drug-likeness (QED) is 0.806. The number of aromatic nitrogens is 2. The third-order valence-corrected chi connectivity index (χ3v) is 2.44. The number of para-hydroxylation sites is 1. The molecule has 6 nitrogen and oxygen atoms in total. The molecule has 98 valence electrons. The standard InChI is InChI=1S/C11H9ClFN5O/c12-6-3-1-2-4-8(6)16-9-7(13)5-15-11(17-9)18-10(14)19/h1-5H,(H4,14,15,16,17,18,19). The average Bonchev–Trinajstić information content (AvgIpc) is 2.35. The Hall–Kier alpha value is -2.41. The number of hydrogen-bond donors (Lipinski definition) is 3. The van der Waals surface area contributed by atoms with Gasteiger partial charge < -0.3 is 11.1 Å². The molecule has 0 bridgehead atoms. The lowest BCUT2D eigenvalue weighted by molar-refractivity contribution is 0.259. The van der Waals surface area contributed by atoms with Crippen LogP contribution in [0.5, 0.6) is 0 Å². The SMILES string of the molecule is NC(=O)Nc1ncc(F)c(Nc2ccccc2Cl)n1. The van der Waals surface area contributed by atoms with Gasteiger partial charge in [-0.1, -0.05) is 23.7 Å². The number of primary amides is 1. The van der Waals surface area contributed by atoms with Crippen LogP contribution < -0.4 is 16.4 Å². The van der Waals surface area contributed by atoms with Crippen LogP contribution in [0.2, 0.25) is 5.02 Å². The van der Waals surface area contributed by atoms with Crippen LogP contribution in [0.4, 0.5) is 26.6 Å². The van der Waals surface area contributed by atoms with Crippen LogP contribution in [0.15, 0.2) is 30.5 Å². The van der Waals surface area contributed by atoms with Crippen molar-refractivity contribution in [2.75, 3.05) is 10.6 Å².